The Hall–Kier alpha value is -1.52. The molecule has 104 valence electrons. The molecule has 2 rings (SSSR count). The van der Waals surface area contributed by atoms with Gasteiger partial charge in [0.05, 0.1) is 0 Å². The van der Waals surface area contributed by atoms with Crippen LogP contribution in [0.25, 0.3) is 9.81 Å². The predicted octanol–water partition coefficient (Wildman–Crippen LogP) is 4.14. The highest BCUT2D eigenvalue weighted by molar-refractivity contribution is 7.96. The average molecular weight is 303 g/mol. The van der Waals surface area contributed by atoms with Gasteiger partial charge in [0, 0.05) is 29.6 Å². The smallest absolute Gasteiger partial charge is 0.115 e. The van der Waals surface area contributed by atoms with E-state index < -0.39 is 0 Å². The second-order valence-corrected chi connectivity index (χ2v) is 5.58. The van der Waals surface area contributed by atoms with Crippen LogP contribution in [0.2, 0.25) is 0 Å². The molecule has 0 aliphatic rings. The Bertz CT molecular complexity index is 616. The summed E-state index contributed by atoms with van der Waals surface area (Å²) < 4.78 is 0. The summed E-state index contributed by atoms with van der Waals surface area (Å²) in [4.78, 5) is 3.64. The van der Waals surface area contributed by atoms with Crippen LogP contribution in [0.3, 0.4) is 0 Å². The number of thiol groups is 2. The fourth-order valence-corrected chi connectivity index (χ4v) is 2.37. The quantitative estimate of drug-likeness (QED) is 0.586. The van der Waals surface area contributed by atoms with Crippen LogP contribution in [0.15, 0.2) is 48.5 Å². The number of anilines is 1. The van der Waals surface area contributed by atoms with Gasteiger partial charge in [-0.2, -0.15) is 0 Å². The topological polar surface area (TPSA) is 23.5 Å². The Morgan fingerprint density at radius 3 is 1.60 bits per heavy atom. The molecule has 0 saturated carbocycles. The van der Waals surface area contributed by atoms with Gasteiger partial charge in [0.25, 0.3) is 0 Å². The third-order valence-electron chi connectivity index (χ3n) is 3.02. The Kier molecular flexibility index (Phi) is 4.68. The first-order valence-electron chi connectivity index (χ1n) is 6.18. The maximum absolute atomic E-state index is 9.31. The van der Waals surface area contributed by atoms with Gasteiger partial charge in [0.15, 0.2) is 0 Å². The van der Waals surface area contributed by atoms with Crippen LogP contribution in [0.5, 0.6) is 5.75 Å². The molecule has 20 heavy (non-hydrogen) atoms. The molecule has 0 aromatic heterocycles. The molecule has 0 unspecified atom stereocenters. The maximum atomic E-state index is 9.31. The highest BCUT2D eigenvalue weighted by Crippen LogP contribution is 2.33. The van der Waals surface area contributed by atoms with E-state index in [1.807, 2.05) is 55.4 Å². The molecule has 2 aromatic carbocycles. The van der Waals surface area contributed by atoms with Crippen molar-refractivity contribution in [1.82, 2.24) is 0 Å². The van der Waals surface area contributed by atoms with Crippen LogP contribution in [0.4, 0.5) is 5.69 Å². The number of hydrogen-bond donors (Lipinski definition) is 3. The molecule has 0 amide bonds. The zero-order valence-electron chi connectivity index (χ0n) is 11.4. The van der Waals surface area contributed by atoms with Gasteiger partial charge in [-0.15, -0.1) is 25.3 Å². The lowest BCUT2D eigenvalue weighted by Gasteiger charge is -2.13. The van der Waals surface area contributed by atoms with Crippen molar-refractivity contribution in [1.29, 1.82) is 0 Å². The van der Waals surface area contributed by atoms with Crippen LogP contribution in [-0.2, 0) is 0 Å². The summed E-state index contributed by atoms with van der Waals surface area (Å²) in [5.74, 6) is 0.242. The van der Waals surface area contributed by atoms with Crippen LogP contribution in [-0.4, -0.2) is 19.2 Å². The van der Waals surface area contributed by atoms with E-state index in [-0.39, 0.29) is 5.75 Å². The second-order valence-electron chi connectivity index (χ2n) is 4.69. The van der Waals surface area contributed by atoms with E-state index in [0.29, 0.717) is 0 Å². The van der Waals surface area contributed by atoms with Gasteiger partial charge in [-0.25, -0.2) is 0 Å². The van der Waals surface area contributed by atoms with Gasteiger partial charge in [-0.3, -0.25) is 0 Å². The van der Waals surface area contributed by atoms with E-state index in [1.165, 1.54) is 0 Å². The van der Waals surface area contributed by atoms with Gasteiger partial charge < -0.3 is 10.0 Å². The molecule has 0 bridgehead atoms. The lowest BCUT2D eigenvalue weighted by molar-refractivity contribution is 0.475. The third-order valence-corrected chi connectivity index (χ3v) is 4.16. The molecule has 1 N–H and O–H groups in total. The summed E-state index contributed by atoms with van der Waals surface area (Å²) in [7, 11) is 4.01. The molecule has 0 saturated heterocycles. The van der Waals surface area contributed by atoms with E-state index in [2.05, 4.69) is 25.3 Å². The Labute approximate surface area is 130 Å². The zero-order valence-corrected chi connectivity index (χ0v) is 13.2. The number of aromatic hydroxyl groups is 1. The number of phenols is 1. The van der Waals surface area contributed by atoms with Crippen molar-refractivity contribution in [2.45, 2.75) is 0 Å². The zero-order chi connectivity index (χ0) is 14.7. The van der Waals surface area contributed by atoms with Crippen molar-refractivity contribution >= 4 is 40.8 Å². The standard InChI is InChI=1S/C16H17NOS2/c1-17(2)13-7-3-11(4-8-13)15(19)16(20)12-5-9-14(18)10-6-12/h3-10,18-20H,1-2H3/b16-15-. The first-order valence-corrected chi connectivity index (χ1v) is 7.08. The average Bonchev–Trinajstić information content (AvgIpc) is 2.46. The molecule has 2 nitrogen and oxygen atoms in total. The number of hydrogen-bond acceptors (Lipinski definition) is 4. The van der Waals surface area contributed by atoms with Crippen molar-refractivity contribution in [2.24, 2.45) is 0 Å². The number of benzene rings is 2. The number of nitrogens with zero attached hydrogens (tertiary/aromatic N) is 1. The predicted molar refractivity (Wildman–Crippen MR) is 93.7 cm³/mol. The van der Waals surface area contributed by atoms with Crippen molar-refractivity contribution in [3.63, 3.8) is 0 Å². The molecule has 0 heterocycles. The lowest BCUT2D eigenvalue weighted by Crippen LogP contribution is -2.08. The summed E-state index contributed by atoms with van der Waals surface area (Å²) in [5, 5.41) is 9.31. The van der Waals surface area contributed by atoms with Crippen LogP contribution in [0.1, 0.15) is 11.1 Å². The monoisotopic (exact) mass is 303 g/mol. The maximum Gasteiger partial charge on any atom is 0.115 e. The Morgan fingerprint density at radius 1 is 0.800 bits per heavy atom. The highest BCUT2D eigenvalue weighted by Gasteiger charge is 2.06. The fraction of sp³-hybridized carbons (Fsp3) is 0.125. The van der Waals surface area contributed by atoms with Crippen molar-refractivity contribution < 1.29 is 5.11 Å². The lowest BCUT2D eigenvalue weighted by atomic mass is 10.1. The summed E-state index contributed by atoms with van der Waals surface area (Å²) in [6, 6.07) is 15.1. The molecule has 2 aromatic rings. The molecule has 0 fully saturated rings. The molecular weight excluding hydrogens is 286 g/mol. The van der Waals surface area contributed by atoms with E-state index in [4.69, 9.17) is 0 Å². The van der Waals surface area contributed by atoms with Gasteiger partial charge in [-0.05, 0) is 35.4 Å². The summed E-state index contributed by atoms with van der Waals surface area (Å²) in [5.41, 5.74) is 3.07. The van der Waals surface area contributed by atoms with E-state index >= 15 is 0 Å². The van der Waals surface area contributed by atoms with E-state index in [1.54, 1.807) is 12.1 Å². The van der Waals surface area contributed by atoms with Crippen molar-refractivity contribution in [3.8, 4) is 5.75 Å². The summed E-state index contributed by atoms with van der Waals surface area (Å²) >= 11 is 9.10. The first kappa shape index (κ1) is 14.9. The molecule has 0 spiro atoms. The summed E-state index contributed by atoms with van der Waals surface area (Å²) in [6.07, 6.45) is 0. The van der Waals surface area contributed by atoms with Crippen LogP contribution in [0, 0.1) is 0 Å². The van der Waals surface area contributed by atoms with Gasteiger partial charge in [0.2, 0.25) is 0 Å². The Morgan fingerprint density at radius 2 is 1.20 bits per heavy atom. The SMILES string of the molecule is CN(C)c1ccc(/C(S)=C(/S)c2ccc(O)cc2)cc1. The Balaban J connectivity index is 2.35. The first-order chi connectivity index (χ1) is 9.49. The third kappa shape index (κ3) is 3.32. The number of phenolic OH excluding ortho intramolecular Hbond substituents is 1. The number of rotatable bonds is 3. The van der Waals surface area contributed by atoms with Gasteiger partial charge in [0.1, 0.15) is 5.75 Å². The molecule has 4 heteroatoms. The van der Waals surface area contributed by atoms with Crippen molar-refractivity contribution in [2.75, 3.05) is 19.0 Å². The minimum absolute atomic E-state index is 0.242. The minimum Gasteiger partial charge on any atom is -0.508 e. The molecule has 0 atom stereocenters. The van der Waals surface area contributed by atoms with E-state index in [9.17, 15) is 5.11 Å². The molecular formula is C16H17NOS2. The minimum atomic E-state index is 0.242. The van der Waals surface area contributed by atoms with E-state index in [0.717, 1.165) is 26.6 Å². The highest BCUT2D eigenvalue weighted by atomic mass is 32.1. The van der Waals surface area contributed by atoms with Crippen LogP contribution >= 0.6 is 25.3 Å². The molecule has 0 aliphatic heterocycles. The van der Waals surface area contributed by atoms with Gasteiger partial charge >= 0.3 is 0 Å². The van der Waals surface area contributed by atoms with Gasteiger partial charge in [-0.1, -0.05) is 24.3 Å². The molecule has 0 radical (unpaired) electrons. The van der Waals surface area contributed by atoms with Crippen LogP contribution < -0.4 is 4.90 Å². The summed E-state index contributed by atoms with van der Waals surface area (Å²) in [6.45, 7) is 0. The molecule has 0 aliphatic carbocycles. The fourth-order valence-electron chi connectivity index (χ4n) is 1.81. The largest absolute Gasteiger partial charge is 0.508 e. The van der Waals surface area contributed by atoms with Crippen molar-refractivity contribution in [3.05, 3.63) is 59.7 Å². The second kappa shape index (κ2) is 6.29. The normalized spacial score (nSPS) is 12.0.